The number of nitrogens with zero attached hydrogens (tertiary/aromatic N) is 3. The molecule has 1 aromatic rings. The number of alkyl halides is 1. The van der Waals surface area contributed by atoms with Crippen LogP contribution in [0.5, 0.6) is 0 Å². The molecule has 0 bridgehead atoms. The maximum Gasteiger partial charge on any atom is 0.0536 e. The van der Waals surface area contributed by atoms with Gasteiger partial charge in [-0.25, -0.2) is 0 Å². The summed E-state index contributed by atoms with van der Waals surface area (Å²) >= 11 is 6.19. The molecule has 0 N–H and O–H groups in total. The molecule has 84 valence electrons. The third kappa shape index (κ3) is 2.95. The van der Waals surface area contributed by atoms with Gasteiger partial charge in [0.25, 0.3) is 0 Å². The van der Waals surface area contributed by atoms with Crippen molar-refractivity contribution in [3.05, 3.63) is 18.5 Å². The molecule has 2 unspecified atom stereocenters. The van der Waals surface area contributed by atoms with Gasteiger partial charge in [-0.1, -0.05) is 6.92 Å². The van der Waals surface area contributed by atoms with E-state index in [1.54, 1.807) is 0 Å². The Balaban J connectivity index is 1.76. The van der Waals surface area contributed by atoms with Gasteiger partial charge in [-0.3, -0.25) is 4.68 Å². The van der Waals surface area contributed by atoms with E-state index in [1.165, 1.54) is 0 Å². The van der Waals surface area contributed by atoms with Crippen LogP contribution in [0.3, 0.4) is 0 Å². The van der Waals surface area contributed by atoms with Crippen LogP contribution in [0.25, 0.3) is 0 Å². The topological polar surface area (TPSA) is 21.1 Å². The third-order valence-corrected chi connectivity index (χ3v) is 3.74. The smallest absolute Gasteiger partial charge is 0.0536 e. The highest BCUT2D eigenvalue weighted by atomic mass is 35.5. The van der Waals surface area contributed by atoms with E-state index in [-0.39, 0.29) is 0 Å². The molecular weight excluding hydrogens is 210 g/mol. The zero-order valence-corrected chi connectivity index (χ0v) is 9.90. The monoisotopic (exact) mass is 227 g/mol. The van der Waals surface area contributed by atoms with Crippen molar-refractivity contribution in [2.45, 2.75) is 25.3 Å². The van der Waals surface area contributed by atoms with Gasteiger partial charge in [0, 0.05) is 30.9 Å². The van der Waals surface area contributed by atoms with E-state index in [0.717, 1.165) is 32.6 Å². The van der Waals surface area contributed by atoms with Gasteiger partial charge < -0.3 is 4.90 Å². The molecule has 1 aliphatic heterocycles. The fraction of sp³-hybridized carbons (Fsp3) is 0.727. The van der Waals surface area contributed by atoms with E-state index in [4.69, 9.17) is 11.6 Å². The van der Waals surface area contributed by atoms with Crippen molar-refractivity contribution in [2.75, 3.05) is 19.6 Å². The largest absolute Gasteiger partial charge is 0.301 e. The molecule has 0 amide bonds. The molecule has 15 heavy (non-hydrogen) atoms. The van der Waals surface area contributed by atoms with Gasteiger partial charge >= 0.3 is 0 Å². The van der Waals surface area contributed by atoms with Crippen LogP contribution >= 0.6 is 11.6 Å². The number of halogens is 1. The van der Waals surface area contributed by atoms with Crippen LogP contribution in [0.15, 0.2) is 18.5 Å². The lowest BCUT2D eigenvalue weighted by molar-refractivity contribution is 0.179. The Hall–Kier alpha value is -0.540. The van der Waals surface area contributed by atoms with Crippen LogP contribution in [0.4, 0.5) is 0 Å². The van der Waals surface area contributed by atoms with E-state index in [9.17, 15) is 0 Å². The summed E-state index contributed by atoms with van der Waals surface area (Å²) in [5.74, 6) is 0.609. The van der Waals surface area contributed by atoms with Gasteiger partial charge in [0.05, 0.1) is 6.54 Å². The maximum atomic E-state index is 6.19. The SMILES string of the molecule is CC1CN(CCn2cccn2)CCC1Cl. The standard InChI is InChI=1S/C11H18ClN3/c1-10-9-14(6-3-11(10)12)7-8-15-5-2-4-13-15/h2,4-5,10-11H,3,6-9H2,1H3. The lowest BCUT2D eigenvalue weighted by Gasteiger charge is -2.33. The molecule has 3 nitrogen and oxygen atoms in total. The fourth-order valence-corrected chi connectivity index (χ4v) is 2.26. The lowest BCUT2D eigenvalue weighted by atomic mass is 10.00. The fourth-order valence-electron chi connectivity index (χ4n) is 2.08. The van der Waals surface area contributed by atoms with Crippen LogP contribution in [-0.2, 0) is 6.54 Å². The van der Waals surface area contributed by atoms with Crippen molar-refractivity contribution in [2.24, 2.45) is 5.92 Å². The molecule has 1 aromatic heterocycles. The van der Waals surface area contributed by atoms with Crippen molar-refractivity contribution in [1.82, 2.24) is 14.7 Å². The van der Waals surface area contributed by atoms with Crippen molar-refractivity contribution in [3.63, 3.8) is 0 Å². The normalized spacial score (nSPS) is 28.1. The van der Waals surface area contributed by atoms with E-state index >= 15 is 0 Å². The second kappa shape index (κ2) is 4.99. The van der Waals surface area contributed by atoms with Gasteiger partial charge in [-0.05, 0) is 24.9 Å². The molecule has 1 fully saturated rings. The number of piperidine rings is 1. The zero-order chi connectivity index (χ0) is 10.7. The quantitative estimate of drug-likeness (QED) is 0.735. The highest BCUT2D eigenvalue weighted by Gasteiger charge is 2.23. The molecule has 4 heteroatoms. The molecule has 2 atom stereocenters. The molecule has 0 spiro atoms. The zero-order valence-electron chi connectivity index (χ0n) is 9.14. The Morgan fingerprint density at radius 3 is 3.00 bits per heavy atom. The summed E-state index contributed by atoms with van der Waals surface area (Å²) in [6.07, 6.45) is 4.95. The molecule has 0 aliphatic carbocycles. The predicted molar refractivity (Wildman–Crippen MR) is 62.1 cm³/mol. The first-order valence-corrected chi connectivity index (χ1v) is 6.03. The summed E-state index contributed by atoms with van der Waals surface area (Å²) in [6, 6.07) is 1.97. The summed E-state index contributed by atoms with van der Waals surface area (Å²) in [7, 11) is 0. The summed E-state index contributed by atoms with van der Waals surface area (Å²) in [4.78, 5) is 2.48. The maximum absolute atomic E-state index is 6.19. The molecular formula is C11H18ClN3. The second-order valence-electron chi connectivity index (χ2n) is 4.35. The molecule has 0 aromatic carbocycles. The van der Waals surface area contributed by atoms with Crippen LogP contribution in [0.1, 0.15) is 13.3 Å². The Morgan fingerprint density at radius 2 is 2.33 bits per heavy atom. The minimum atomic E-state index is 0.367. The highest BCUT2D eigenvalue weighted by Crippen LogP contribution is 2.21. The van der Waals surface area contributed by atoms with Crippen molar-refractivity contribution < 1.29 is 0 Å². The number of aromatic nitrogens is 2. The molecule has 1 saturated heterocycles. The van der Waals surface area contributed by atoms with Gasteiger partial charge in [0.1, 0.15) is 0 Å². The Kier molecular flexibility index (Phi) is 3.65. The summed E-state index contributed by atoms with van der Waals surface area (Å²) in [6.45, 7) is 6.54. The van der Waals surface area contributed by atoms with Crippen molar-refractivity contribution in [1.29, 1.82) is 0 Å². The predicted octanol–water partition coefficient (Wildman–Crippen LogP) is 1.83. The average Bonchev–Trinajstić information content (AvgIpc) is 2.73. The van der Waals surface area contributed by atoms with E-state index in [1.807, 2.05) is 23.1 Å². The van der Waals surface area contributed by atoms with Crippen LogP contribution < -0.4 is 0 Å². The Labute approximate surface area is 96.0 Å². The second-order valence-corrected chi connectivity index (χ2v) is 4.91. The highest BCUT2D eigenvalue weighted by molar-refractivity contribution is 6.20. The number of likely N-dealkylation sites (tertiary alicyclic amines) is 1. The van der Waals surface area contributed by atoms with Crippen molar-refractivity contribution in [3.8, 4) is 0 Å². The molecule has 2 heterocycles. The van der Waals surface area contributed by atoms with Crippen LogP contribution in [0.2, 0.25) is 0 Å². The Morgan fingerprint density at radius 1 is 1.47 bits per heavy atom. The average molecular weight is 228 g/mol. The first-order chi connectivity index (χ1) is 7.25. The molecule has 0 radical (unpaired) electrons. The van der Waals surface area contributed by atoms with E-state index in [2.05, 4.69) is 16.9 Å². The van der Waals surface area contributed by atoms with Gasteiger partial charge in [0.2, 0.25) is 0 Å². The van der Waals surface area contributed by atoms with Gasteiger partial charge in [0.15, 0.2) is 0 Å². The number of rotatable bonds is 3. The summed E-state index contributed by atoms with van der Waals surface area (Å²) in [5.41, 5.74) is 0. The summed E-state index contributed by atoms with van der Waals surface area (Å²) in [5, 5.41) is 4.57. The van der Waals surface area contributed by atoms with Gasteiger partial charge in [-0.2, -0.15) is 5.10 Å². The third-order valence-electron chi connectivity index (χ3n) is 3.09. The van der Waals surface area contributed by atoms with E-state index < -0.39 is 0 Å². The first kappa shape index (κ1) is 11.0. The number of hydrogen-bond acceptors (Lipinski definition) is 2. The molecule has 0 saturated carbocycles. The van der Waals surface area contributed by atoms with Crippen LogP contribution in [0, 0.1) is 5.92 Å². The molecule has 2 rings (SSSR count). The minimum absolute atomic E-state index is 0.367. The number of hydrogen-bond donors (Lipinski definition) is 0. The minimum Gasteiger partial charge on any atom is -0.301 e. The van der Waals surface area contributed by atoms with Gasteiger partial charge in [-0.15, -0.1) is 11.6 Å². The van der Waals surface area contributed by atoms with E-state index in [0.29, 0.717) is 11.3 Å². The molecule has 1 aliphatic rings. The van der Waals surface area contributed by atoms with Crippen molar-refractivity contribution >= 4 is 11.6 Å². The first-order valence-electron chi connectivity index (χ1n) is 5.59. The summed E-state index contributed by atoms with van der Waals surface area (Å²) < 4.78 is 1.98. The lowest BCUT2D eigenvalue weighted by Crippen LogP contribution is -2.41. The Bertz CT molecular complexity index is 286. The van der Waals surface area contributed by atoms with Crippen LogP contribution in [-0.4, -0.2) is 39.7 Å².